The van der Waals surface area contributed by atoms with Gasteiger partial charge < -0.3 is 10.2 Å². The van der Waals surface area contributed by atoms with Gasteiger partial charge in [0.1, 0.15) is 0 Å². The molecule has 1 aromatic carbocycles. The molecule has 1 heterocycles. The van der Waals surface area contributed by atoms with Crippen LogP contribution in [0.5, 0.6) is 0 Å². The van der Waals surface area contributed by atoms with E-state index >= 15 is 0 Å². The smallest absolute Gasteiger partial charge is 0.0513 e. The van der Waals surface area contributed by atoms with Crippen molar-refractivity contribution < 1.29 is 0 Å². The molecule has 1 N–H and O–H groups in total. The molecule has 1 atom stereocenters. The van der Waals surface area contributed by atoms with Crippen molar-refractivity contribution in [1.82, 2.24) is 10.2 Å². The SMILES string of the molecule is CNC(c1cccc2ccsc12)C(C)(C)N(C)C. The number of nitrogens with zero attached hydrogens (tertiary/aromatic N) is 1. The lowest BCUT2D eigenvalue weighted by molar-refractivity contribution is 0.143. The van der Waals surface area contributed by atoms with Crippen LogP contribution in [0.1, 0.15) is 25.5 Å². The van der Waals surface area contributed by atoms with E-state index in [9.17, 15) is 0 Å². The van der Waals surface area contributed by atoms with E-state index in [2.05, 4.69) is 67.8 Å². The van der Waals surface area contributed by atoms with Gasteiger partial charge in [0, 0.05) is 10.2 Å². The standard InChI is InChI=1S/C15H22N2S/c1-15(2,17(4)5)14(16-3)12-8-6-7-11-9-10-18-13(11)12/h6-10,14,16H,1-5H3. The predicted molar refractivity (Wildman–Crippen MR) is 81.4 cm³/mol. The summed E-state index contributed by atoms with van der Waals surface area (Å²) in [6.07, 6.45) is 0. The van der Waals surface area contributed by atoms with E-state index in [1.165, 1.54) is 15.6 Å². The van der Waals surface area contributed by atoms with Gasteiger partial charge in [0.25, 0.3) is 0 Å². The number of benzene rings is 1. The second-order valence-corrected chi connectivity index (χ2v) is 6.37. The molecule has 0 aliphatic heterocycles. The van der Waals surface area contributed by atoms with Crippen LogP contribution >= 0.6 is 11.3 Å². The minimum atomic E-state index is 0.0625. The minimum Gasteiger partial charge on any atom is -0.311 e. The molecule has 3 heteroatoms. The number of nitrogens with one attached hydrogen (secondary N) is 1. The molecule has 0 aliphatic rings. The summed E-state index contributed by atoms with van der Waals surface area (Å²) in [5, 5.41) is 7.00. The van der Waals surface area contributed by atoms with E-state index in [0.717, 1.165) is 0 Å². The molecule has 0 spiro atoms. The molecule has 0 radical (unpaired) electrons. The summed E-state index contributed by atoms with van der Waals surface area (Å²) in [6, 6.07) is 9.09. The fraction of sp³-hybridized carbons (Fsp3) is 0.467. The van der Waals surface area contributed by atoms with Gasteiger partial charge >= 0.3 is 0 Å². The Bertz CT molecular complexity index is 528. The number of likely N-dealkylation sites (N-methyl/N-ethyl adjacent to an activating group) is 2. The lowest BCUT2D eigenvalue weighted by Crippen LogP contribution is -2.48. The summed E-state index contributed by atoms with van der Waals surface area (Å²) in [5.41, 5.74) is 1.45. The topological polar surface area (TPSA) is 15.3 Å². The van der Waals surface area contributed by atoms with Crippen LogP contribution in [0.2, 0.25) is 0 Å². The zero-order valence-corrected chi connectivity index (χ0v) is 12.6. The van der Waals surface area contributed by atoms with Crippen molar-refractivity contribution in [2.45, 2.75) is 25.4 Å². The van der Waals surface area contributed by atoms with Crippen molar-refractivity contribution in [3.05, 3.63) is 35.2 Å². The van der Waals surface area contributed by atoms with E-state index in [4.69, 9.17) is 0 Å². The molecular formula is C15H22N2S. The lowest BCUT2D eigenvalue weighted by Gasteiger charge is -2.40. The van der Waals surface area contributed by atoms with Crippen molar-refractivity contribution in [1.29, 1.82) is 0 Å². The Balaban J connectivity index is 2.54. The average molecular weight is 262 g/mol. The minimum absolute atomic E-state index is 0.0625. The molecule has 0 saturated carbocycles. The summed E-state index contributed by atoms with van der Waals surface area (Å²) in [6.45, 7) is 4.56. The highest BCUT2D eigenvalue weighted by Crippen LogP contribution is 2.35. The third-order valence-corrected chi connectivity index (χ3v) is 4.95. The second-order valence-electron chi connectivity index (χ2n) is 5.46. The first kappa shape index (κ1) is 13.5. The van der Waals surface area contributed by atoms with Crippen LogP contribution in [-0.2, 0) is 0 Å². The molecule has 2 rings (SSSR count). The number of hydrogen-bond acceptors (Lipinski definition) is 3. The summed E-state index contributed by atoms with van der Waals surface area (Å²) in [5.74, 6) is 0. The van der Waals surface area contributed by atoms with Crippen LogP contribution in [-0.4, -0.2) is 31.6 Å². The maximum atomic E-state index is 3.49. The second kappa shape index (κ2) is 5.00. The van der Waals surface area contributed by atoms with Crippen LogP contribution in [0.4, 0.5) is 0 Å². The Morgan fingerprint density at radius 1 is 1.22 bits per heavy atom. The fourth-order valence-corrected chi connectivity index (χ4v) is 3.34. The molecule has 0 saturated heterocycles. The number of fused-ring (bicyclic) bond motifs is 1. The lowest BCUT2D eigenvalue weighted by atomic mass is 9.87. The van der Waals surface area contributed by atoms with Gasteiger partial charge in [0.15, 0.2) is 0 Å². The molecule has 18 heavy (non-hydrogen) atoms. The van der Waals surface area contributed by atoms with Gasteiger partial charge in [-0.05, 0) is 57.4 Å². The molecule has 0 fully saturated rings. The summed E-state index contributed by atoms with van der Waals surface area (Å²) in [7, 11) is 6.32. The van der Waals surface area contributed by atoms with Crippen LogP contribution in [0.3, 0.4) is 0 Å². The van der Waals surface area contributed by atoms with Crippen LogP contribution in [0.25, 0.3) is 10.1 Å². The third-order valence-electron chi connectivity index (χ3n) is 3.97. The molecular weight excluding hydrogens is 240 g/mol. The van der Waals surface area contributed by atoms with E-state index in [1.54, 1.807) is 0 Å². The van der Waals surface area contributed by atoms with Crippen molar-refractivity contribution in [2.75, 3.05) is 21.1 Å². The molecule has 0 bridgehead atoms. The summed E-state index contributed by atoms with van der Waals surface area (Å²) < 4.78 is 1.40. The highest BCUT2D eigenvalue weighted by molar-refractivity contribution is 7.17. The fourth-order valence-electron chi connectivity index (χ4n) is 2.39. The van der Waals surface area contributed by atoms with E-state index in [1.807, 2.05) is 18.4 Å². The molecule has 2 nitrogen and oxygen atoms in total. The largest absolute Gasteiger partial charge is 0.311 e. The summed E-state index contributed by atoms with van der Waals surface area (Å²) >= 11 is 1.83. The molecule has 98 valence electrons. The quantitative estimate of drug-likeness (QED) is 0.907. The maximum Gasteiger partial charge on any atom is 0.0513 e. The number of rotatable bonds is 4. The Labute approximate surface area is 114 Å². The number of hydrogen-bond donors (Lipinski definition) is 1. The first-order valence-electron chi connectivity index (χ1n) is 6.29. The van der Waals surface area contributed by atoms with Gasteiger partial charge in [0.05, 0.1) is 6.04 Å². The van der Waals surface area contributed by atoms with Crippen LogP contribution in [0, 0.1) is 0 Å². The van der Waals surface area contributed by atoms with Crippen molar-refractivity contribution >= 4 is 21.4 Å². The van der Waals surface area contributed by atoms with E-state index in [0.29, 0.717) is 6.04 Å². The Hall–Kier alpha value is -0.900. The monoisotopic (exact) mass is 262 g/mol. The maximum absolute atomic E-state index is 3.49. The van der Waals surface area contributed by atoms with Gasteiger partial charge in [-0.15, -0.1) is 11.3 Å². The molecule has 1 aromatic heterocycles. The third kappa shape index (κ3) is 2.18. The molecule has 1 unspecified atom stereocenters. The zero-order valence-electron chi connectivity index (χ0n) is 11.8. The first-order chi connectivity index (χ1) is 8.48. The van der Waals surface area contributed by atoms with Crippen LogP contribution < -0.4 is 5.32 Å². The van der Waals surface area contributed by atoms with Gasteiger partial charge in [-0.1, -0.05) is 18.2 Å². The van der Waals surface area contributed by atoms with Crippen molar-refractivity contribution in [2.24, 2.45) is 0 Å². The molecule has 0 aliphatic carbocycles. The van der Waals surface area contributed by atoms with Gasteiger partial charge in [-0.3, -0.25) is 0 Å². The van der Waals surface area contributed by atoms with Crippen LogP contribution in [0.15, 0.2) is 29.6 Å². The van der Waals surface area contributed by atoms with Crippen molar-refractivity contribution in [3.63, 3.8) is 0 Å². The van der Waals surface area contributed by atoms with E-state index < -0.39 is 0 Å². The Morgan fingerprint density at radius 2 is 1.94 bits per heavy atom. The normalized spacial score (nSPS) is 14.3. The van der Waals surface area contributed by atoms with E-state index in [-0.39, 0.29) is 5.54 Å². The summed E-state index contributed by atoms with van der Waals surface area (Å²) in [4.78, 5) is 2.28. The molecule has 0 amide bonds. The Kier molecular flexibility index (Phi) is 3.76. The molecule has 2 aromatic rings. The highest BCUT2D eigenvalue weighted by atomic mass is 32.1. The Morgan fingerprint density at radius 3 is 2.56 bits per heavy atom. The predicted octanol–water partition coefficient (Wildman–Crippen LogP) is 3.50. The van der Waals surface area contributed by atoms with Gasteiger partial charge in [-0.2, -0.15) is 0 Å². The number of thiophene rings is 1. The average Bonchev–Trinajstić information content (AvgIpc) is 2.78. The van der Waals surface area contributed by atoms with Gasteiger partial charge in [-0.25, -0.2) is 0 Å². The van der Waals surface area contributed by atoms with Crippen molar-refractivity contribution in [3.8, 4) is 0 Å². The first-order valence-corrected chi connectivity index (χ1v) is 7.17. The highest BCUT2D eigenvalue weighted by Gasteiger charge is 2.32. The van der Waals surface area contributed by atoms with Gasteiger partial charge in [0.2, 0.25) is 0 Å². The zero-order chi connectivity index (χ0) is 13.3.